The van der Waals surface area contributed by atoms with Crippen LogP contribution in [0.2, 0.25) is 0 Å². The van der Waals surface area contributed by atoms with Crippen LogP contribution in [-0.4, -0.2) is 12.7 Å². The first kappa shape index (κ1) is 13.4. The van der Waals surface area contributed by atoms with Gasteiger partial charge in [0.2, 0.25) is 0 Å². The molecule has 1 atom stereocenters. The summed E-state index contributed by atoms with van der Waals surface area (Å²) in [6, 6.07) is 5.42. The number of rotatable bonds is 3. The van der Waals surface area contributed by atoms with E-state index in [0.29, 0.717) is 0 Å². The van der Waals surface area contributed by atoms with E-state index in [9.17, 15) is 13.2 Å². The van der Waals surface area contributed by atoms with Crippen molar-refractivity contribution in [2.24, 2.45) is 0 Å². The Morgan fingerprint density at radius 2 is 1.72 bits per heavy atom. The SMILES string of the molecule is COC1(C(C)c2ccc(C(F)(F)F)cc2)CCC1. The number of benzene rings is 1. The van der Waals surface area contributed by atoms with Gasteiger partial charge in [0, 0.05) is 13.0 Å². The summed E-state index contributed by atoms with van der Waals surface area (Å²) < 4.78 is 43.0. The fraction of sp³-hybridized carbons (Fsp3) is 0.571. The first-order valence-electron chi connectivity index (χ1n) is 6.11. The molecule has 1 aromatic rings. The summed E-state index contributed by atoms with van der Waals surface area (Å²) in [7, 11) is 1.68. The highest BCUT2D eigenvalue weighted by molar-refractivity contribution is 5.29. The maximum atomic E-state index is 12.5. The van der Waals surface area contributed by atoms with Gasteiger partial charge in [0.05, 0.1) is 11.2 Å². The van der Waals surface area contributed by atoms with Crippen molar-refractivity contribution in [3.05, 3.63) is 35.4 Å². The number of alkyl halides is 3. The van der Waals surface area contributed by atoms with Crippen LogP contribution < -0.4 is 0 Å². The van der Waals surface area contributed by atoms with Gasteiger partial charge in [-0.1, -0.05) is 19.1 Å². The maximum Gasteiger partial charge on any atom is 0.416 e. The third kappa shape index (κ3) is 2.26. The average molecular weight is 258 g/mol. The standard InChI is InChI=1S/C14H17F3O/c1-10(13(18-2)8-3-9-13)11-4-6-12(7-5-11)14(15,16)17/h4-7,10H,3,8-9H2,1-2H3. The second kappa shape index (κ2) is 4.57. The van der Waals surface area contributed by atoms with Crippen molar-refractivity contribution < 1.29 is 17.9 Å². The molecular formula is C14H17F3O. The fourth-order valence-corrected chi connectivity index (χ4v) is 2.60. The first-order chi connectivity index (χ1) is 8.39. The molecule has 1 nitrogen and oxygen atoms in total. The van der Waals surface area contributed by atoms with Gasteiger partial charge in [-0.2, -0.15) is 13.2 Å². The van der Waals surface area contributed by atoms with Crippen LogP contribution in [-0.2, 0) is 10.9 Å². The molecule has 0 N–H and O–H groups in total. The quantitative estimate of drug-likeness (QED) is 0.781. The van der Waals surface area contributed by atoms with Crippen molar-refractivity contribution in [1.82, 2.24) is 0 Å². The minimum atomic E-state index is -4.27. The van der Waals surface area contributed by atoms with Gasteiger partial charge in [0.1, 0.15) is 0 Å². The van der Waals surface area contributed by atoms with E-state index in [4.69, 9.17) is 4.74 Å². The Morgan fingerprint density at radius 1 is 1.17 bits per heavy atom. The zero-order valence-corrected chi connectivity index (χ0v) is 10.6. The van der Waals surface area contributed by atoms with Crippen LogP contribution in [0.1, 0.15) is 43.2 Å². The minimum absolute atomic E-state index is 0.124. The summed E-state index contributed by atoms with van der Waals surface area (Å²) in [5, 5.41) is 0. The lowest BCUT2D eigenvalue weighted by atomic mass is 9.69. The molecule has 2 rings (SSSR count). The van der Waals surface area contributed by atoms with E-state index in [0.717, 1.165) is 37.0 Å². The van der Waals surface area contributed by atoms with Crippen LogP contribution in [0.3, 0.4) is 0 Å². The molecule has 4 heteroatoms. The Labute approximate surface area is 105 Å². The summed E-state index contributed by atoms with van der Waals surface area (Å²) in [6.45, 7) is 2.02. The number of halogens is 3. The van der Waals surface area contributed by atoms with E-state index < -0.39 is 11.7 Å². The molecule has 0 bridgehead atoms. The van der Waals surface area contributed by atoms with E-state index in [2.05, 4.69) is 0 Å². The largest absolute Gasteiger partial charge is 0.416 e. The van der Waals surface area contributed by atoms with Crippen molar-refractivity contribution in [3.8, 4) is 0 Å². The lowest BCUT2D eigenvalue weighted by molar-refractivity contribution is -0.137. The molecule has 1 aromatic carbocycles. The van der Waals surface area contributed by atoms with Gasteiger partial charge in [-0.25, -0.2) is 0 Å². The summed E-state index contributed by atoms with van der Waals surface area (Å²) in [6.07, 6.45) is -1.19. The monoisotopic (exact) mass is 258 g/mol. The van der Waals surface area contributed by atoms with Crippen molar-refractivity contribution >= 4 is 0 Å². The summed E-state index contributed by atoms with van der Waals surface area (Å²) in [5.74, 6) is 0.124. The van der Waals surface area contributed by atoms with Crippen LogP contribution in [0, 0.1) is 0 Å². The van der Waals surface area contributed by atoms with Gasteiger partial charge in [-0.05, 0) is 37.0 Å². The van der Waals surface area contributed by atoms with Gasteiger partial charge in [-0.15, -0.1) is 0 Å². The Hall–Kier alpha value is -1.03. The molecule has 0 amide bonds. The molecular weight excluding hydrogens is 241 g/mol. The Bertz CT molecular complexity index is 399. The first-order valence-corrected chi connectivity index (χ1v) is 6.11. The molecule has 0 spiro atoms. The van der Waals surface area contributed by atoms with E-state index in [-0.39, 0.29) is 11.5 Å². The highest BCUT2D eigenvalue weighted by Crippen LogP contribution is 2.46. The minimum Gasteiger partial charge on any atom is -0.378 e. The van der Waals surface area contributed by atoms with Crippen molar-refractivity contribution in [2.75, 3.05) is 7.11 Å². The molecule has 18 heavy (non-hydrogen) atoms. The second-order valence-corrected chi connectivity index (χ2v) is 4.96. The molecule has 1 aliphatic rings. The molecule has 1 aliphatic carbocycles. The molecule has 1 unspecified atom stereocenters. The summed E-state index contributed by atoms with van der Waals surface area (Å²) >= 11 is 0. The smallest absolute Gasteiger partial charge is 0.378 e. The number of ether oxygens (including phenoxy) is 1. The number of hydrogen-bond acceptors (Lipinski definition) is 1. The predicted octanol–water partition coefficient (Wildman–Crippen LogP) is 4.38. The van der Waals surface area contributed by atoms with Crippen molar-refractivity contribution in [2.45, 2.75) is 43.9 Å². The summed E-state index contributed by atoms with van der Waals surface area (Å²) in [4.78, 5) is 0. The molecule has 1 fully saturated rings. The van der Waals surface area contributed by atoms with Gasteiger partial charge in [-0.3, -0.25) is 0 Å². The number of hydrogen-bond donors (Lipinski definition) is 0. The fourth-order valence-electron chi connectivity index (χ4n) is 2.60. The molecule has 100 valence electrons. The maximum absolute atomic E-state index is 12.5. The van der Waals surface area contributed by atoms with E-state index in [1.165, 1.54) is 0 Å². The van der Waals surface area contributed by atoms with Crippen molar-refractivity contribution in [1.29, 1.82) is 0 Å². The normalized spacial score (nSPS) is 20.3. The average Bonchev–Trinajstić information content (AvgIpc) is 2.27. The zero-order valence-electron chi connectivity index (χ0n) is 10.6. The highest BCUT2D eigenvalue weighted by Gasteiger charge is 2.42. The lowest BCUT2D eigenvalue weighted by Gasteiger charge is -2.45. The van der Waals surface area contributed by atoms with E-state index in [1.807, 2.05) is 6.92 Å². The zero-order chi connectivity index (χ0) is 13.4. The van der Waals surface area contributed by atoms with Gasteiger partial charge in [0.25, 0.3) is 0 Å². The van der Waals surface area contributed by atoms with E-state index >= 15 is 0 Å². The van der Waals surface area contributed by atoms with Crippen LogP contribution in [0.4, 0.5) is 13.2 Å². The third-order valence-corrected chi connectivity index (χ3v) is 4.13. The van der Waals surface area contributed by atoms with Crippen LogP contribution >= 0.6 is 0 Å². The van der Waals surface area contributed by atoms with Crippen LogP contribution in [0.25, 0.3) is 0 Å². The molecule has 0 saturated heterocycles. The van der Waals surface area contributed by atoms with Gasteiger partial charge < -0.3 is 4.74 Å². The number of methoxy groups -OCH3 is 1. The predicted molar refractivity (Wildman–Crippen MR) is 63.5 cm³/mol. The lowest BCUT2D eigenvalue weighted by Crippen LogP contribution is -2.43. The molecule has 0 radical (unpaired) electrons. The second-order valence-electron chi connectivity index (χ2n) is 4.96. The van der Waals surface area contributed by atoms with Gasteiger partial charge >= 0.3 is 6.18 Å². The highest BCUT2D eigenvalue weighted by atomic mass is 19.4. The molecule has 0 aromatic heterocycles. The van der Waals surface area contributed by atoms with Crippen molar-refractivity contribution in [3.63, 3.8) is 0 Å². The Balaban J connectivity index is 2.19. The summed E-state index contributed by atoms with van der Waals surface area (Å²) in [5.41, 5.74) is 0.128. The molecule has 1 saturated carbocycles. The Kier molecular flexibility index (Phi) is 3.41. The molecule has 0 heterocycles. The van der Waals surface area contributed by atoms with Crippen LogP contribution in [0.5, 0.6) is 0 Å². The van der Waals surface area contributed by atoms with E-state index in [1.54, 1.807) is 19.2 Å². The van der Waals surface area contributed by atoms with Gasteiger partial charge in [0.15, 0.2) is 0 Å². The third-order valence-electron chi connectivity index (χ3n) is 4.13. The molecule has 0 aliphatic heterocycles. The topological polar surface area (TPSA) is 9.23 Å². The Morgan fingerprint density at radius 3 is 2.06 bits per heavy atom. The van der Waals surface area contributed by atoms with Crippen LogP contribution in [0.15, 0.2) is 24.3 Å².